The summed E-state index contributed by atoms with van der Waals surface area (Å²) in [5.41, 5.74) is 0.580. The van der Waals surface area contributed by atoms with Crippen LogP contribution in [0.5, 0.6) is 0 Å². The summed E-state index contributed by atoms with van der Waals surface area (Å²) in [5, 5.41) is 5.48. The molecule has 0 saturated carbocycles. The summed E-state index contributed by atoms with van der Waals surface area (Å²) in [5.74, 6) is -0.239. The van der Waals surface area contributed by atoms with E-state index in [2.05, 4.69) is 42.5 Å². The lowest BCUT2D eigenvalue weighted by Crippen LogP contribution is -2.34. The van der Waals surface area contributed by atoms with E-state index in [0.29, 0.717) is 12.1 Å². The summed E-state index contributed by atoms with van der Waals surface area (Å²) >= 11 is 8.07. The molecule has 1 aromatic rings. The molecule has 18 heavy (non-hydrogen) atoms. The first-order chi connectivity index (χ1) is 8.40. The smallest absolute Gasteiger partial charge is 0.253 e. The third-order valence-electron chi connectivity index (χ3n) is 1.99. The SMILES string of the molecule is CC(C)NC(=O)CCNC(=O)c1cc(Br)sc1Br. The number of amides is 2. The van der Waals surface area contributed by atoms with E-state index in [9.17, 15) is 9.59 Å². The zero-order valence-electron chi connectivity index (χ0n) is 10.0. The largest absolute Gasteiger partial charge is 0.354 e. The highest BCUT2D eigenvalue weighted by Crippen LogP contribution is 2.31. The maximum atomic E-state index is 11.8. The summed E-state index contributed by atoms with van der Waals surface area (Å²) in [6.45, 7) is 4.13. The second kappa shape index (κ2) is 7.25. The molecule has 0 bridgehead atoms. The predicted octanol–water partition coefficient (Wildman–Crippen LogP) is 2.92. The molecule has 1 rings (SSSR count). The van der Waals surface area contributed by atoms with Gasteiger partial charge in [0.2, 0.25) is 5.91 Å². The second-order valence-corrected chi connectivity index (χ2v) is 7.72. The summed E-state index contributed by atoms with van der Waals surface area (Å²) in [6.07, 6.45) is 0.285. The van der Waals surface area contributed by atoms with Crippen molar-refractivity contribution in [2.45, 2.75) is 26.3 Å². The Labute approximate surface area is 127 Å². The Hall–Kier alpha value is -0.400. The molecule has 0 aromatic carbocycles. The molecule has 0 fully saturated rings. The van der Waals surface area contributed by atoms with Crippen LogP contribution in [0.1, 0.15) is 30.6 Å². The molecule has 0 aliphatic heterocycles. The number of thiophene rings is 1. The minimum atomic E-state index is -0.179. The van der Waals surface area contributed by atoms with Crippen LogP contribution in [-0.4, -0.2) is 24.4 Å². The molecule has 0 spiro atoms. The molecule has 0 unspecified atom stereocenters. The normalized spacial score (nSPS) is 10.5. The molecule has 0 aliphatic carbocycles. The van der Waals surface area contributed by atoms with Crippen LogP contribution in [0, 0.1) is 0 Å². The van der Waals surface area contributed by atoms with Gasteiger partial charge in [-0.15, -0.1) is 11.3 Å². The second-order valence-electron chi connectivity index (χ2n) is 3.97. The number of hydrogen-bond donors (Lipinski definition) is 2. The molecule has 0 radical (unpaired) electrons. The molecule has 7 heteroatoms. The summed E-state index contributed by atoms with van der Waals surface area (Å²) in [4.78, 5) is 23.2. The molecule has 0 aliphatic rings. The van der Waals surface area contributed by atoms with Gasteiger partial charge in [-0.25, -0.2) is 0 Å². The molecule has 4 nitrogen and oxygen atoms in total. The van der Waals surface area contributed by atoms with Gasteiger partial charge in [0.05, 0.1) is 13.1 Å². The van der Waals surface area contributed by atoms with Gasteiger partial charge in [-0.3, -0.25) is 9.59 Å². The first-order valence-electron chi connectivity index (χ1n) is 5.42. The van der Waals surface area contributed by atoms with E-state index < -0.39 is 0 Å². The van der Waals surface area contributed by atoms with E-state index in [1.165, 1.54) is 11.3 Å². The Kier molecular flexibility index (Phi) is 6.31. The monoisotopic (exact) mass is 396 g/mol. The minimum Gasteiger partial charge on any atom is -0.354 e. The van der Waals surface area contributed by atoms with Gasteiger partial charge in [0.25, 0.3) is 5.91 Å². The van der Waals surface area contributed by atoms with Crippen LogP contribution < -0.4 is 10.6 Å². The van der Waals surface area contributed by atoms with Crippen molar-refractivity contribution in [3.8, 4) is 0 Å². The van der Waals surface area contributed by atoms with Gasteiger partial charge >= 0.3 is 0 Å². The van der Waals surface area contributed by atoms with Crippen LogP contribution in [0.15, 0.2) is 13.6 Å². The summed E-state index contributed by atoms with van der Waals surface area (Å²) in [7, 11) is 0. The van der Waals surface area contributed by atoms with Gasteiger partial charge in [-0.2, -0.15) is 0 Å². The van der Waals surface area contributed by atoms with Crippen LogP contribution in [-0.2, 0) is 4.79 Å². The fourth-order valence-corrected chi connectivity index (χ4v) is 4.07. The molecular weight excluding hydrogens is 384 g/mol. The first kappa shape index (κ1) is 15.7. The fraction of sp³-hybridized carbons (Fsp3) is 0.455. The molecule has 0 atom stereocenters. The van der Waals surface area contributed by atoms with Crippen LogP contribution in [0.2, 0.25) is 0 Å². The number of carbonyl (C=O) groups excluding carboxylic acids is 2. The van der Waals surface area contributed by atoms with Crippen molar-refractivity contribution in [2.24, 2.45) is 0 Å². The minimum absolute atomic E-state index is 0.0594. The van der Waals surface area contributed by atoms with Gasteiger partial charge in [0.1, 0.15) is 0 Å². The number of carbonyl (C=O) groups is 2. The van der Waals surface area contributed by atoms with Crippen LogP contribution in [0.4, 0.5) is 0 Å². The highest BCUT2D eigenvalue weighted by molar-refractivity contribution is 9.12. The van der Waals surface area contributed by atoms with Gasteiger partial charge in [0, 0.05) is 19.0 Å². The van der Waals surface area contributed by atoms with Gasteiger partial charge in [0.15, 0.2) is 0 Å². The highest BCUT2D eigenvalue weighted by atomic mass is 79.9. The Morgan fingerprint density at radius 1 is 1.39 bits per heavy atom. The molecule has 2 N–H and O–H groups in total. The molecule has 2 amide bonds. The van der Waals surface area contributed by atoms with Gasteiger partial charge in [-0.1, -0.05) is 0 Å². The third kappa shape index (κ3) is 5.07. The lowest BCUT2D eigenvalue weighted by molar-refractivity contribution is -0.121. The predicted molar refractivity (Wildman–Crippen MR) is 79.9 cm³/mol. The van der Waals surface area contributed by atoms with E-state index >= 15 is 0 Å². The Bertz CT molecular complexity index is 446. The molecule has 1 aromatic heterocycles. The Balaban J connectivity index is 2.38. The lowest BCUT2D eigenvalue weighted by atomic mass is 10.3. The number of rotatable bonds is 5. The van der Waals surface area contributed by atoms with Crippen molar-refractivity contribution >= 4 is 55.0 Å². The standard InChI is InChI=1S/C11H14Br2N2O2S/c1-6(2)15-9(16)3-4-14-11(17)7-5-8(12)18-10(7)13/h5-6H,3-4H2,1-2H3,(H,14,17)(H,15,16). The first-order valence-corrected chi connectivity index (χ1v) is 7.82. The average Bonchev–Trinajstić information content (AvgIpc) is 2.56. The van der Waals surface area contributed by atoms with Gasteiger partial charge in [-0.05, 0) is 51.8 Å². The highest BCUT2D eigenvalue weighted by Gasteiger charge is 2.13. The topological polar surface area (TPSA) is 58.2 Å². The van der Waals surface area contributed by atoms with E-state index in [1.54, 1.807) is 6.07 Å². The van der Waals surface area contributed by atoms with Crippen molar-refractivity contribution in [3.05, 3.63) is 19.2 Å². The van der Waals surface area contributed by atoms with Crippen molar-refractivity contribution < 1.29 is 9.59 Å². The van der Waals surface area contributed by atoms with Crippen molar-refractivity contribution in [1.82, 2.24) is 10.6 Å². The van der Waals surface area contributed by atoms with Crippen LogP contribution in [0.25, 0.3) is 0 Å². The number of hydrogen-bond acceptors (Lipinski definition) is 3. The maximum Gasteiger partial charge on any atom is 0.253 e. The molecule has 0 saturated heterocycles. The maximum absolute atomic E-state index is 11.8. The van der Waals surface area contributed by atoms with Crippen LogP contribution >= 0.6 is 43.2 Å². The Morgan fingerprint density at radius 2 is 2.06 bits per heavy atom. The number of nitrogens with one attached hydrogen (secondary N) is 2. The molecule has 1 heterocycles. The average molecular weight is 398 g/mol. The summed E-state index contributed by atoms with van der Waals surface area (Å²) < 4.78 is 1.66. The van der Waals surface area contributed by atoms with Crippen molar-refractivity contribution in [2.75, 3.05) is 6.54 Å². The van der Waals surface area contributed by atoms with E-state index in [4.69, 9.17) is 0 Å². The van der Waals surface area contributed by atoms with Crippen LogP contribution in [0.3, 0.4) is 0 Å². The fourth-order valence-electron chi connectivity index (χ4n) is 1.27. The van der Waals surface area contributed by atoms with Crippen molar-refractivity contribution in [3.63, 3.8) is 0 Å². The van der Waals surface area contributed by atoms with E-state index in [-0.39, 0.29) is 24.3 Å². The van der Waals surface area contributed by atoms with Crippen molar-refractivity contribution in [1.29, 1.82) is 0 Å². The van der Waals surface area contributed by atoms with E-state index in [1.807, 2.05) is 13.8 Å². The quantitative estimate of drug-likeness (QED) is 0.802. The van der Waals surface area contributed by atoms with E-state index in [0.717, 1.165) is 7.57 Å². The summed E-state index contributed by atoms with van der Waals surface area (Å²) in [6, 6.07) is 1.87. The molecular formula is C11H14Br2N2O2S. The number of halogens is 2. The lowest BCUT2D eigenvalue weighted by Gasteiger charge is -2.08. The molecule has 100 valence electrons. The Morgan fingerprint density at radius 3 is 2.56 bits per heavy atom. The van der Waals surface area contributed by atoms with Gasteiger partial charge < -0.3 is 10.6 Å². The zero-order valence-corrected chi connectivity index (χ0v) is 14.0. The zero-order chi connectivity index (χ0) is 13.7. The third-order valence-corrected chi connectivity index (χ3v) is 4.33.